The third-order valence-corrected chi connectivity index (χ3v) is 7.30. The van der Waals surface area contributed by atoms with Crippen molar-refractivity contribution in [3.05, 3.63) is 81.8 Å². The fraction of sp³-hybridized carbons (Fsp3) is 0.174. The molecule has 0 bridgehead atoms. The Morgan fingerprint density at radius 1 is 0.969 bits per heavy atom. The van der Waals surface area contributed by atoms with Crippen LogP contribution in [0.3, 0.4) is 0 Å². The summed E-state index contributed by atoms with van der Waals surface area (Å²) in [6.45, 7) is 3.11. The molecular formula is C23H21Cl2NO5S. The molecule has 0 N–H and O–H groups in total. The number of halogens is 2. The van der Waals surface area contributed by atoms with Crippen LogP contribution in [0.1, 0.15) is 11.1 Å². The van der Waals surface area contributed by atoms with Gasteiger partial charge in [-0.2, -0.15) is 4.31 Å². The van der Waals surface area contributed by atoms with E-state index in [2.05, 4.69) is 0 Å². The van der Waals surface area contributed by atoms with Gasteiger partial charge in [-0.05, 0) is 67.4 Å². The standard InChI is InChI=1S/C23H21Cl2NO5S/c1-15-11-18(12-16(2)23(15)25)31-14-22(27)26(17-9-10-21(30-3)20(24)13-17)32(28,29)19-7-5-4-6-8-19/h4-13H,14H2,1-3H3. The minimum Gasteiger partial charge on any atom is -0.495 e. The van der Waals surface area contributed by atoms with Crippen molar-refractivity contribution in [3.63, 3.8) is 0 Å². The smallest absolute Gasteiger partial charge is 0.278 e. The van der Waals surface area contributed by atoms with E-state index in [9.17, 15) is 13.2 Å². The average Bonchev–Trinajstić information content (AvgIpc) is 2.76. The van der Waals surface area contributed by atoms with Gasteiger partial charge in [-0.25, -0.2) is 8.42 Å². The molecule has 0 spiro atoms. The van der Waals surface area contributed by atoms with Crippen molar-refractivity contribution in [2.24, 2.45) is 0 Å². The van der Waals surface area contributed by atoms with Crippen molar-refractivity contribution in [1.29, 1.82) is 0 Å². The lowest BCUT2D eigenvalue weighted by Gasteiger charge is -2.23. The molecule has 0 saturated heterocycles. The molecule has 1 amide bonds. The summed E-state index contributed by atoms with van der Waals surface area (Å²) in [5, 5.41) is 0.765. The first-order chi connectivity index (χ1) is 15.1. The second kappa shape index (κ2) is 9.81. The number of carbonyl (C=O) groups is 1. The topological polar surface area (TPSA) is 72.9 Å². The minimum absolute atomic E-state index is 0.0431. The van der Waals surface area contributed by atoms with Crippen molar-refractivity contribution in [1.82, 2.24) is 0 Å². The fourth-order valence-electron chi connectivity index (χ4n) is 3.09. The predicted molar refractivity (Wildman–Crippen MR) is 126 cm³/mol. The molecule has 6 nitrogen and oxygen atoms in total. The lowest BCUT2D eigenvalue weighted by atomic mass is 10.1. The molecule has 3 aromatic rings. The lowest BCUT2D eigenvalue weighted by molar-refractivity contribution is -0.119. The van der Waals surface area contributed by atoms with E-state index in [1.54, 1.807) is 30.3 Å². The minimum atomic E-state index is -4.23. The zero-order valence-corrected chi connectivity index (χ0v) is 20.0. The fourth-order valence-corrected chi connectivity index (χ4v) is 4.87. The van der Waals surface area contributed by atoms with Crippen molar-refractivity contribution in [3.8, 4) is 11.5 Å². The highest BCUT2D eigenvalue weighted by molar-refractivity contribution is 7.93. The maximum absolute atomic E-state index is 13.4. The molecular weight excluding hydrogens is 473 g/mol. The Bertz CT molecular complexity index is 1220. The zero-order valence-electron chi connectivity index (χ0n) is 17.6. The molecule has 0 radical (unpaired) electrons. The number of methoxy groups -OCH3 is 1. The summed E-state index contributed by atoms with van der Waals surface area (Å²) in [5.41, 5.74) is 1.63. The van der Waals surface area contributed by atoms with Gasteiger partial charge in [0.2, 0.25) is 0 Å². The summed E-state index contributed by atoms with van der Waals surface area (Å²) in [6.07, 6.45) is 0. The SMILES string of the molecule is COc1ccc(N(C(=O)COc2cc(C)c(Cl)c(C)c2)S(=O)(=O)c2ccccc2)cc1Cl. The Kier molecular flexibility index (Phi) is 7.33. The Morgan fingerprint density at radius 3 is 2.16 bits per heavy atom. The summed E-state index contributed by atoms with van der Waals surface area (Å²) in [6, 6.07) is 15.3. The summed E-state index contributed by atoms with van der Waals surface area (Å²) in [5.74, 6) is -0.0359. The van der Waals surface area contributed by atoms with E-state index in [0.29, 0.717) is 20.8 Å². The van der Waals surface area contributed by atoms with Gasteiger partial charge < -0.3 is 9.47 Å². The van der Waals surface area contributed by atoms with E-state index >= 15 is 0 Å². The summed E-state index contributed by atoms with van der Waals surface area (Å²) in [7, 11) is -2.79. The highest BCUT2D eigenvalue weighted by atomic mass is 35.5. The van der Waals surface area contributed by atoms with Crippen LogP contribution in [0.15, 0.2) is 65.6 Å². The molecule has 3 aromatic carbocycles. The van der Waals surface area contributed by atoms with Crippen molar-refractivity contribution in [2.45, 2.75) is 18.7 Å². The van der Waals surface area contributed by atoms with Gasteiger partial charge in [0, 0.05) is 5.02 Å². The van der Waals surface area contributed by atoms with Gasteiger partial charge >= 0.3 is 0 Å². The number of sulfonamides is 1. The van der Waals surface area contributed by atoms with E-state index in [1.165, 1.54) is 37.4 Å². The number of benzene rings is 3. The highest BCUT2D eigenvalue weighted by Crippen LogP contribution is 2.32. The molecule has 0 atom stereocenters. The van der Waals surface area contributed by atoms with Crippen LogP contribution in [0.25, 0.3) is 0 Å². The molecule has 9 heteroatoms. The van der Waals surface area contributed by atoms with Gasteiger partial charge in [0.25, 0.3) is 15.9 Å². The van der Waals surface area contributed by atoms with Crippen LogP contribution in [0.5, 0.6) is 11.5 Å². The molecule has 0 fully saturated rings. The first-order valence-electron chi connectivity index (χ1n) is 9.51. The average molecular weight is 494 g/mol. The normalized spacial score (nSPS) is 11.2. The maximum Gasteiger partial charge on any atom is 0.278 e. The number of hydrogen-bond acceptors (Lipinski definition) is 5. The van der Waals surface area contributed by atoms with E-state index in [-0.39, 0.29) is 15.6 Å². The van der Waals surface area contributed by atoms with Crippen molar-refractivity contribution < 1.29 is 22.7 Å². The van der Waals surface area contributed by atoms with Crippen molar-refractivity contribution >= 4 is 44.8 Å². The maximum atomic E-state index is 13.4. The van der Waals surface area contributed by atoms with Crippen molar-refractivity contribution in [2.75, 3.05) is 18.0 Å². The molecule has 3 rings (SSSR count). The van der Waals surface area contributed by atoms with Crippen LogP contribution in [-0.2, 0) is 14.8 Å². The van der Waals surface area contributed by atoms with E-state index in [1.807, 2.05) is 13.8 Å². The number of ether oxygens (including phenoxy) is 2. The molecule has 168 valence electrons. The van der Waals surface area contributed by atoms with Gasteiger partial charge in [0.15, 0.2) is 6.61 Å². The van der Waals surface area contributed by atoms with E-state index in [0.717, 1.165) is 11.1 Å². The Balaban J connectivity index is 1.99. The largest absolute Gasteiger partial charge is 0.495 e. The number of aryl methyl sites for hydroxylation is 2. The first kappa shape index (κ1) is 23.9. The molecule has 0 aliphatic carbocycles. The van der Waals surface area contributed by atoms with Gasteiger partial charge in [-0.3, -0.25) is 4.79 Å². The molecule has 0 saturated carbocycles. The molecule has 32 heavy (non-hydrogen) atoms. The van der Waals surface area contributed by atoms with Crippen LogP contribution in [0.2, 0.25) is 10.0 Å². The van der Waals surface area contributed by atoms with Crippen LogP contribution < -0.4 is 13.8 Å². The molecule has 0 aromatic heterocycles. The third kappa shape index (κ3) is 5.01. The monoisotopic (exact) mass is 493 g/mol. The molecule has 0 heterocycles. The first-order valence-corrected chi connectivity index (χ1v) is 11.7. The van der Waals surface area contributed by atoms with Gasteiger partial charge in [-0.15, -0.1) is 0 Å². The number of hydrogen-bond donors (Lipinski definition) is 0. The van der Waals surface area contributed by atoms with Crippen LogP contribution in [0.4, 0.5) is 5.69 Å². The lowest BCUT2D eigenvalue weighted by Crippen LogP contribution is -2.40. The predicted octanol–water partition coefficient (Wildman–Crippen LogP) is 5.42. The Morgan fingerprint density at radius 2 is 1.59 bits per heavy atom. The summed E-state index contributed by atoms with van der Waals surface area (Å²) >= 11 is 12.4. The van der Waals surface area contributed by atoms with Crippen LogP contribution in [0, 0.1) is 13.8 Å². The Labute approximate surface area is 197 Å². The number of anilines is 1. The van der Waals surface area contributed by atoms with Gasteiger partial charge in [0.05, 0.1) is 22.7 Å². The summed E-state index contributed by atoms with van der Waals surface area (Å²) in [4.78, 5) is 13.1. The van der Waals surface area contributed by atoms with Crippen LogP contribution in [-0.4, -0.2) is 28.0 Å². The number of carbonyl (C=O) groups excluding carboxylic acids is 1. The Hall–Kier alpha value is -2.74. The second-order valence-corrected chi connectivity index (χ2v) is 9.53. The quantitative estimate of drug-likeness (QED) is 0.439. The summed E-state index contributed by atoms with van der Waals surface area (Å²) < 4.78 is 38.2. The van der Waals surface area contributed by atoms with Crippen LogP contribution >= 0.6 is 23.2 Å². The zero-order chi connectivity index (χ0) is 23.5. The second-order valence-electron chi connectivity index (χ2n) is 6.95. The third-order valence-electron chi connectivity index (χ3n) is 4.65. The molecule has 0 unspecified atom stereocenters. The van der Waals surface area contributed by atoms with E-state index < -0.39 is 22.5 Å². The number of nitrogens with zero attached hydrogens (tertiary/aromatic N) is 1. The molecule has 0 aliphatic rings. The van der Waals surface area contributed by atoms with E-state index in [4.69, 9.17) is 32.7 Å². The van der Waals surface area contributed by atoms with Gasteiger partial charge in [-0.1, -0.05) is 41.4 Å². The molecule has 0 aliphatic heterocycles. The number of amides is 1. The highest BCUT2D eigenvalue weighted by Gasteiger charge is 2.32. The van der Waals surface area contributed by atoms with Gasteiger partial charge in [0.1, 0.15) is 11.5 Å². The number of rotatable bonds is 7.